The number of aryl methyl sites for hydroxylation is 1. The molecule has 0 bridgehead atoms. The second kappa shape index (κ2) is 8.81. The number of para-hydroxylation sites is 1. The number of rotatable bonds is 3. The molecule has 0 saturated heterocycles. The molecule has 196 valence electrons. The highest BCUT2D eigenvalue weighted by atomic mass is 15.1. The number of benzene rings is 7. The third-order valence-electron chi connectivity index (χ3n) is 8.99. The fourth-order valence-electron chi connectivity index (χ4n) is 7.32. The fraction of sp³-hybridized carbons (Fsp3) is 0.100. The minimum absolute atomic E-state index is 0.134. The smallest absolute Gasteiger partial charge is 0.0468 e. The predicted octanol–water partition coefficient (Wildman–Crippen LogP) is 11.2. The van der Waals surface area contributed by atoms with Gasteiger partial charge in [-0.05, 0) is 103 Å². The number of nitrogens with zero attached hydrogens (tertiary/aromatic N) is 1. The van der Waals surface area contributed by atoms with Crippen LogP contribution in [0.5, 0.6) is 0 Å². The molecule has 0 radical (unpaired) electrons. The number of anilines is 3. The summed E-state index contributed by atoms with van der Waals surface area (Å²) in [7, 11) is 0. The van der Waals surface area contributed by atoms with Gasteiger partial charge in [0.15, 0.2) is 0 Å². The van der Waals surface area contributed by atoms with Crippen molar-refractivity contribution in [1.82, 2.24) is 0 Å². The van der Waals surface area contributed by atoms with E-state index in [0.717, 1.165) is 11.4 Å². The summed E-state index contributed by atoms with van der Waals surface area (Å²) in [6.45, 7) is 6.98. The van der Waals surface area contributed by atoms with E-state index in [-0.39, 0.29) is 5.41 Å². The zero-order chi connectivity index (χ0) is 27.7. The van der Waals surface area contributed by atoms with E-state index < -0.39 is 0 Å². The molecule has 0 unspecified atom stereocenters. The third-order valence-corrected chi connectivity index (χ3v) is 8.99. The number of hydrogen-bond donors (Lipinski definition) is 0. The predicted molar refractivity (Wildman–Crippen MR) is 176 cm³/mol. The highest BCUT2D eigenvalue weighted by molar-refractivity contribution is 6.20. The zero-order valence-corrected chi connectivity index (χ0v) is 23.6. The molecule has 1 aliphatic carbocycles. The first-order valence-electron chi connectivity index (χ1n) is 14.5. The van der Waals surface area contributed by atoms with Gasteiger partial charge in [0.05, 0.1) is 0 Å². The van der Waals surface area contributed by atoms with E-state index in [1.54, 1.807) is 0 Å². The van der Waals surface area contributed by atoms with Gasteiger partial charge in [0.25, 0.3) is 0 Å². The van der Waals surface area contributed by atoms with Crippen LogP contribution in [-0.2, 0) is 5.41 Å². The van der Waals surface area contributed by atoms with Crippen LogP contribution < -0.4 is 4.90 Å². The molecule has 0 amide bonds. The molecular formula is C40H31N. The Morgan fingerprint density at radius 3 is 1.95 bits per heavy atom. The average molecular weight is 526 g/mol. The van der Waals surface area contributed by atoms with Crippen molar-refractivity contribution in [3.8, 4) is 11.1 Å². The molecule has 0 fully saturated rings. The van der Waals surface area contributed by atoms with Gasteiger partial charge in [0, 0.05) is 22.5 Å². The normalized spacial score (nSPS) is 13.4. The Kier molecular flexibility index (Phi) is 5.15. The molecule has 7 aromatic carbocycles. The lowest BCUT2D eigenvalue weighted by atomic mass is 9.78. The lowest BCUT2D eigenvalue weighted by Gasteiger charge is -2.28. The number of fused-ring (bicyclic) bond motifs is 10. The Hall–Kier alpha value is -4.88. The van der Waals surface area contributed by atoms with Crippen LogP contribution in [0.4, 0.5) is 17.1 Å². The van der Waals surface area contributed by atoms with Crippen molar-refractivity contribution in [3.63, 3.8) is 0 Å². The highest BCUT2D eigenvalue weighted by Gasteiger charge is 2.39. The molecule has 1 nitrogen and oxygen atoms in total. The lowest BCUT2D eigenvalue weighted by Crippen LogP contribution is -2.16. The van der Waals surface area contributed by atoms with Gasteiger partial charge in [-0.1, -0.05) is 111 Å². The van der Waals surface area contributed by atoms with Crippen LogP contribution in [-0.4, -0.2) is 0 Å². The molecule has 0 atom stereocenters. The summed E-state index contributed by atoms with van der Waals surface area (Å²) < 4.78 is 0. The number of hydrogen-bond acceptors (Lipinski definition) is 1. The van der Waals surface area contributed by atoms with Crippen molar-refractivity contribution >= 4 is 49.4 Å². The summed E-state index contributed by atoms with van der Waals surface area (Å²) >= 11 is 0. The van der Waals surface area contributed by atoms with Gasteiger partial charge in [0.1, 0.15) is 0 Å². The third kappa shape index (κ3) is 3.49. The molecule has 0 spiro atoms. The molecule has 0 aromatic heterocycles. The van der Waals surface area contributed by atoms with Gasteiger partial charge < -0.3 is 4.90 Å². The fourth-order valence-corrected chi connectivity index (χ4v) is 7.32. The van der Waals surface area contributed by atoms with Gasteiger partial charge >= 0.3 is 0 Å². The quantitative estimate of drug-likeness (QED) is 0.207. The Balaban J connectivity index is 1.45. The molecule has 1 aliphatic rings. The molecule has 0 N–H and O–H groups in total. The summed E-state index contributed by atoms with van der Waals surface area (Å²) in [5.74, 6) is 0. The minimum Gasteiger partial charge on any atom is -0.310 e. The van der Waals surface area contributed by atoms with E-state index in [1.165, 1.54) is 65.8 Å². The van der Waals surface area contributed by atoms with E-state index in [9.17, 15) is 0 Å². The van der Waals surface area contributed by atoms with E-state index in [1.807, 2.05) is 0 Å². The van der Waals surface area contributed by atoms with Gasteiger partial charge in [0.2, 0.25) is 0 Å². The molecule has 1 heteroatoms. The first kappa shape index (κ1) is 24.0. The summed E-state index contributed by atoms with van der Waals surface area (Å²) in [4.78, 5) is 2.38. The summed E-state index contributed by atoms with van der Waals surface area (Å²) in [6, 6.07) is 49.0. The maximum atomic E-state index is 2.41. The van der Waals surface area contributed by atoms with Crippen LogP contribution in [0.3, 0.4) is 0 Å². The average Bonchev–Trinajstić information content (AvgIpc) is 3.25. The molecule has 0 aliphatic heterocycles. The van der Waals surface area contributed by atoms with E-state index in [0.29, 0.717) is 0 Å². The second-order valence-electron chi connectivity index (χ2n) is 11.9. The summed E-state index contributed by atoms with van der Waals surface area (Å²) in [5.41, 5.74) is 10.2. The van der Waals surface area contributed by atoms with Crippen LogP contribution in [0.1, 0.15) is 30.5 Å². The zero-order valence-electron chi connectivity index (χ0n) is 23.6. The minimum atomic E-state index is -0.134. The topological polar surface area (TPSA) is 3.24 Å². The molecule has 7 aromatic rings. The van der Waals surface area contributed by atoms with Crippen LogP contribution in [0.15, 0.2) is 133 Å². The van der Waals surface area contributed by atoms with Crippen molar-refractivity contribution in [1.29, 1.82) is 0 Å². The Morgan fingerprint density at radius 1 is 0.463 bits per heavy atom. The molecule has 41 heavy (non-hydrogen) atoms. The SMILES string of the molecule is Cc1cccc(N(c2ccccc2)c2ccc3c4c(c5ccccc5c3c2)-c2ccc3ccccc3c2C4(C)C)c1. The van der Waals surface area contributed by atoms with Crippen molar-refractivity contribution in [2.75, 3.05) is 4.90 Å². The van der Waals surface area contributed by atoms with E-state index in [2.05, 4.69) is 159 Å². The van der Waals surface area contributed by atoms with Crippen molar-refractivity contribution in [3.05, 3.63) is 150 Å². The summed E-state index contributed by atoms with van der Waals surface area (Å²) in [5, 5.41) is 7.93. The first-order valence-corrected chi connectivity index (χ1v) is 14.5. The standard InChI is InChI=1S/C40H31N/c1-26-12-11-16-29(24-26)41(28-14-5-4-6-15-28)30-21-23-34-36(25-30)32-18-9-10-19-33(32)37-35-22-20-27-13-7-8-17-31(27)38(35)40(2,3)39(34)37/h4-25H,1-3H3. The molecular weight excluding hydrogens is 494 g/mol. The van der Waals surface area contributed by atoms with Crippen LogP contribution in [0, 0.1) is 6.92 Å². The molecule has 0 saturated carbocycles. The monoisotopic (exact) mass is 525 g/mol. The molecule has 0 heterocycles. The van der Waals surface area contributed by atoms with Crippen molar-refractivity contribution in [2.24, 2.45) is 0 Å². The van der Waals surface area contributed by atoms with Gasteiger partial charge in [-0.2, -0.15) is 0 Å². The van der Waals surface area contributed by atoms with Crippen molar-refractivity contribution in [2.45, 2.75) is 26.2 Å². The second-order valence-corrected chi connectivity index (χ2v) is 11.9. The Bertz CT molecular complexity index is 2140. The van der Waals surface area contributed by atoms with Crippen molar-refractivity contribution < 1.29 is 0 Å². The van der Waals surface area contributed by atoms with Gasteiger partial charge in [-0.15, -0.1) is 0 Å². The highest BCUT2D eigenvalue weighted by Crippen LogP contribution is 2.56. The Morgan fingerprint density at radius 2 is 1.15 bits per heavy atom. The largest absolute Gasteiger partial charge is 0.310 e. The first-order chi connectivity index (χ1) is 20.0. The van der Waals surface area contributed by atoms with Crippen LogP contribution >= 0.6 is 0 Å². The van der Waals surface area contributed by atoms with Gasteiger partial charge in [-0.3, -0.25) is 0 Å². The maximum Gasteiger partial charge on any atom is 0.0468 e. The maximum absolute atomic E-state index is 2.41. The van der Waals surface area contributed by atoms with Gasteiger partial charge in [-0.25, -0.2) is 0 Å². The van der Waals surface area contributed by atoms with E-state index in [4.69, 9.17) is 0 Å². The van der Waals surface area contributed by atoms with Crippen LogP contribution in [0.25, 0.3) is 43.4 Å². The Labute approximate surface area is 241 Å². The summed E-state index contributed by atoms with van der Waals surface area (Å²) in [6.07, 6.45) is 0. The van der Waals surface area contributed by atoms with Crippen LogP contribution in [0.2, 0.25) is 0 Å². The molecule has 8 rings (SSSR count). The van der Waals surface area contributed by atoms with E-state index >= 15 is 0 Å². The lowest BCUT2D eigenvalue weighted by molar-refractivity contribution is 0.672.